The molecule has 78 valence electrons. The summed E-state index contributed by atoms with van der Waals surface area (Å²) < 4.78 is 6.38. The van der Waals surface area contributed by atoms with E-state index < -0.39 is 6.10 Å². The fraction of sp³-hybridized carbons (Fsp3) is 0.400. The molecule has 1 aromatic carbocycles. The van der Waals surface area contributed by atoms with Crippen LogP contribution < -0.4 is 0 Å². The van der Waals surface area contributed by atoms with Crippen molar-refractivity contribution in [3.05, 3.63) is 33.4 Å². The van der Waals surface area contributed by atoms with E-state index in [0.717, 1.165) is 5.56 Å². The van der Waals surface area contributed by atoms with Crippen LogP contribution in [0.4, 0.5) is 0 Å². The molecule has 1 atom stereocenters. The molecule has 0 saturated carbocycles. The Morgan fingerprint density at radius 3 is 2.50 bits per heavy atom. The van der Waals surface area contributed by atoms with Gasteiger partial charge in [-0.05, 0) is 40.3 Å². The number of hydrogen-bond acceptors (Lipinski definition) is 3. The second-order valence-corrected chi connectivity index (χ2v) is 4.22. The predicted octanol–water partition coefficient (Wildman–Crippen LogP) is 1.16. The molecule has 0 saturated heterocycles. The average molecular weight is 308 g/mol. The van der Waals surface area contributed by atoms with Gasteiger partial charge in [0.05, 0.1) is 19.8 Å². The molecule has 0 aliphatic rings. The quantitative estimate of drug-likeness (QED) is 0.803. The van der Waals surface area contributed by atoms with Crippen LogP contribution in [0.1, 0.15) is 5.56 Å². The van der Waals surface area contributed by atoms with Gasteiger partial charge in [-0.1, -0.05) is 12.1 Å². The molecule has 0 aliphatic carbocycles. The smallest absolute Gasteiger partial charge is 0.100 e. The van der Waals surface area contributed by atoms with Crippen LogP contribution in [0.3, 0.4) is 0 Å². The highest BCUT2D eigenvalue weighted by Gasteiger charge is 2.01. The largest absolute Gasteiger partial charge is 0.394 e. The number of hydrogen-bond donors (Lipinski definition) is 2. The van der Waals surface area contributed by atoms with Crippen molar-refractivity contribution in [2.24, 2.45) is 0 Å². The molecule has 2 N–H and O–H groups in total. The van der Waals surface area contributed by atoms with E-state index in [-0.39, 0.29) is 13.2 Å². The standard InChI is InChI=1S/C10H13IO3/c11-9-3-1-8(2-4-9)6-14-7-10(13)5-12/h1-4,10,12-13H,5-7H2/t10-/m1/s1. The fourth-order valence-electron chi connectivity index (χ4n) is 0.946. The highest BCUT2D eigenvalue weighted by molar-refractivity contribution is 14.1. The van der Waals surface area contributed by atoms with Gasteiger partial charge in [-0.2, -0.15) is 0 Å². The van der Waals surface area contributed by atoms with Crippen LogP contribution in [0.15, 0.2) is 24.3 Å². The van der Waals surface area contributed by atoms with E-state index in [2.05, 4.69) is 22.6 Å². The van der Waals surface area contributed by atoms with E-state index in [1.54, 1.807) is 0 Å². The van der Waals surface area contributed by atoms with Crippen molar-refractivity contribution in [2.75, 3.05) is 13.2 Å². The predicted molar refractivity (Wildman–Crippen MR) is 61.9 cm³/mol. The van der Waals surface area contributed by atoms with E-state index >= 15 is 0 Å². The van der Waals surface area contributed by atoms with Crippen LogP contribution in [-0.2, 0) is 11.3 Å². The Bertz CT molecular complexity index is 261. The Labute approximate surface area is 96.9 Å². The molecular formula is C10H13IO3. The Kier molecular flexibility index (Phi) is 5.39. The zero-order valence-electron chi connectivity index (χ0n) is 7.69. The maximum atomic E-state index is 9.00. The van der Waals surface area contributed by atoms with E-state index in [1.165, 1.54) is 3.57 Å². The third-order valence-corrected chi connectivity index (χ3v) is 2.42. The third-order valence-electron chi connectivity index (χ3n) is 1.70. The minimum atomic E-state index is -0.779. The Morgan fingerprint density at radius 2 is 1.93 bits per heavy atom. The monoisotopic (exact) mass is 308 g/mol. The van der Waals surface area contributed by atoms with Crippen molar-refractivity contribution in [3.63, 3.8) is 0 Å². The number of halogens is 1. The summed E-state index contributed by atoms with van der Waals surface area (Å²) in [7, 11) is 0. The first-order chi connectivity index (χ1) is 6.72. The van der Waals surface area contributed by atoms with Gasteiger partial charge in [-0.25, -0.2) is 0 Å². The lowest BCUT2D eigenvalue weighted by Crippen LogP contribution is -2.19. The molecule has 4 heteroatoms. The minimum Gasteiger partial charge on any atom is -0.394 e. The Hall–Kier alpha value is -0.170. The van der Waals surface area contributed by atoms with Gasteiger partial charge in [-0.15, -0.1) is 0 Å². The summed E-state index contributed by atoms with van der Waals surface area (Å²) in [5.41, 5.74) is 1.07. The highest BCUT2D eigenvalue weighted by atomic mass is 127. The van der Waals surface area contributed by atoms with Crippen molar-refractivity contribution in [1.29, 1.82) is 0 Å². The van der Waals surface area contributed by atoms with Gasteiger partial charge >= 0.3 is 0 Å². The first-order valence-corrected chi connectivity index (χ1v) is 5.41. The van der Waals surface area contributed by atoms with Crippen molar-refractivity contribution < 1.29 is 14.9 Å². The van der Waals surface area contributed by atoms with Crippen molar-refractivity contribution >= 4 is 22.6 Å². The fourth-order valence-corrected chi connectivity index (χ4v) is 1.31. The zero-order chi connectivity index (χ0) is 10.4. The van der Waals surface area contributed by atoms with Gasteiger partial charge in [0.2, 0.25) is 0 Å². The molecule has 0 heterocycles. The van der Waals surface area contributed by atoms with Gasteiger partial charge < -0.3 is 14.9 Å². The van der Waals surface area contributed by atoms with E-state index in [1.807, 2.05) is 24.3 Å². The van der Waals surface area contributed by atoms with Crippen LogP contribution in [0.5, 0.6) is 0 Å². The summed E-state index contributed by atoms with van der Waals surface area (Å²) in [5, 5.41) is 17.5. The van der Waals surface area contributed by atoms with Gasteiger partial charge in [0.15, 0.2) is 0 Å². The molecule has 0 fully saturated rings. The maximum Gasteiger partial charge on any atom is 0.100 e. The van der Waals surface area contributed by atoms with Gasteiger partial charge in [0.25, 0.3) is 0 Å². The summed E-state index contributed by atoms with van der Waals surface area (Å²) >= 11 is 2.24. The number of rotatable bonds is 5. The van der Waals surface area contributed by atoms with Gasteiger partial charge in [-0.3, -0.25) is 0 Å². The van der Waals surface area contributed by atoms with E-state index in [0.29, 0.717) is 6.61 Å². The van der Waals surface area contributed by atoms with Crippen LogP contribution in [0.2, 0.25) is 0 Å². The molecule has 14 heavy (non-hydrogen) atoms. The molecule has 3 nitrogen and oxygen atoms in total. The average Bonchev–Trinajstić information content (AvgIpc) is 2.21. The summed E-state index contributed by atoms with van der Waals surface area (Å²) in [4.78, 5) is 0. The molecule has 0 amide bonds. The lowest BCUT2D eigenvalue weighted by Gasteiger charge is -2.08. The molecule has 0 aliphatic heterocycles. The molecule has 0 spiro atoms. The molecule has 1 rings (SSSR count). The number of aliphatic hydroxyl groups excluding tert-OH is 2. The SMILES string of the molecule is OC[C@@H](O)COCc1ccc(I)cc1. The lowest BCUT2D eigenvalue weighted by molar-refractivity contribution is 0.0000224. The summed E-state index contributed by atoms with van der Waals surface area (Å²) in [6, 6.07) is 7.96. The van der Waals surface area contributed by atoms with Crippen molar-refractivity contribution in [1.82, 2.24) is 0 Å². The summed E-state index contributed by atoms with van der Waals surface area (Å²) in [6.45, 7) is 0.378. The minimum absolute atomic E-state index is 0.169. The topological polar surface area (TPSA) is 49.7 Å². The first-order valence-electron chi connectivity index (χ1n) is 4.33. The van der Waals surface area contributed by atoms with Crippen LogP contribution in [-0.4, -0.2) is 29.5 Å². The number of benzene rings is 1. The second-order valence-electron chi connectivity index (χ2n) is 2.98. The summed E-state index contributed by atoms with van der Waals surface area (Å²) in [6.07, 6.45) is -0.779. The Balaban J connectivity index is 2.28. The van der Waals surface area contributed by atoms with E-state index in [4.69, 9.17) is 14.9 Å². The van der Waals surface area contributed by atoms with Gasteiger partial charge in [0, 0.05) is 3.57 Å². The summed E-state index contributed by atoms with van der Waals surface area (Å²) in [5.74, 6) is 0. The Morgan fingerprint density at radius 1 is 1.29 bits per heavy atom. The van der Waals surface area contributed by atoms with Gasteiger partial charge in [0.1, 0.15) is 6.10 Å². The molecule has 0 unspecified atom stereocenters. The third kappa shape index (κ3) is 4.36. The second kappa shape index (κ2) is 6.34. The molecule has 0 aromatic heterocycles. The molecule has 1 aromatic rings. The maximum absolute atomic E-state index is 9.00. The highest BCUT2D eigenvalue weighted by Crippen LogP contribution is 2.07. The van der Waals surface area contributed by atoms with Crippen LogP contribution in [0.25, 0.3) is 0 Å². The number of aliphatic hydroxyl groups is 2. The molecule has 0 bridgehead atoms. The van der Waals surface area contributed by atoms with E-state index in [9.17, 15) is 0 Å². The zero-order valence-corrected chi connectivity index (χ0v) is 9.85. The van der Waals surface area contributed by atoms with Crippen molar-refractivity contribution in [3.8, 4) is 0 Å². The van der Waals surface area contributed by atoms with Crippen molar-refractivity contribution in [2.45, 2.75) is 12.7 Å². The normalized spacial score (nSPS) is 12.8. The lowest BCUT2D eigenvalue weighted by atomic mass is 10.2. The first kappa shape index (κ1) is 11.9. The van der Waals surface area contributed by atoms with Crippen LogP contribution in [0, 0.1) is 3.57 Å². The molecular weight excluding hydrogens is 295 g/mol. The number of ether oxygens (including phenoxy) is 1. The molecule has 0 radical (unpaired) electrons. The van der Waals surface area contributed by atoms with Crippen LogP contribution >= 0.6 is 22.6 Å².